The molecule has 1 saturated heterocycles. The molecular formula is C11H13BrFNOS. The van der Waals surface area contributed by atoms with E-state index < -0.39 is 6.04 Å². The van der Waals surface area contributed by atoms with Crippen molar-refractivity contribution in [2.75, 3.05) is 18.1 Å². The molecule has 16 heavy (non-hydrogen) atoms. The summed E-state index contributed by atoms with van der Waals surface area (Å²) in [4.78, 5) is 0. The van der Waals surface area contributed by atoms with Gasteiger partial charge >= 0.3 is 0 Å². The van der Waals surface area contributed by atoms with Crippen LogP contribution in [0.5, 0.6) is 0 Å². The van der Waals surface area contributed by atoms with Gasteiger partial charge in [-0.05, 0) is 18.2 Å². The molecule has 2 atom stereocenters. The van der Waals surface area contributed by atoms with Gasteiger partial charge in [0, 0.05) is 21.5 Å². The second-order valence-electron chi connectivity index (χ2n) is 3.68. The highest BCUT2D eigenvalue weighted by Gasteiger charge is 2.25. The van der Waals surface area contributed by atoms with E-state index >= 15 is 0 Å². The first-order valence-electron chi connectivity index (χ1n) is 5.08. The van der Waals surface area contributed by atoms with Crippen LogP contribution in [0.1, 0.15) is 11.6 Å². The molecule has 1 aromatic rings. The fourth-order valence-electron chi connectivity index (χ4n) is 1.68. The molecule has 2 rings (SSSR count). The van der Waals surface area contributed by atoms with Gasteiger partial charge in [-0.2, -0.15) is 11.8 Å². The van der Waals surface area contributed by atoms with Gasteiger partial charge in [0.2, 0.25) is 0 Å². The standard InChI is InChI=1S/C11H13BrFNOS/c12-7-1-2-9(13)8(5-7)11(14)10-6-16-4-3-15-10/h1-2,5,10-11H,3-4,6,14H2. The number of hydrogen-bond acceptors (Lipinski definition) is 3. The normalized spacial score (nSPS) is 23.1. The minimum atomic E-state index is -0.398. The van der Waals surface area contributed by atoms with Crippen molar-refractivity contribution in [1.82, 2.24) is 0 Å². The van der Waals surface area contributed by atoms with E-state index in [2.05, 4.69) is 15.9 Å². The van der Waals surface area contributed by atoms with Crippen LogP contribution in [-0.4, -0.2) is 24.2 Å². The second kappa shape index (κ2) is 5.49. The molecule has 0 aliphatic carbocycles. The molecule has 0 radical (unpaired) electrons. The summed E-state index contributed by atoms with van der Waals surface area (Å²) in [5.41, 5.74) is 6.56. The third kappa shape index (κ3) is 2.77. The molecule has 0 amide bonds. The van der Waals surface area contributed by atoms with Crippen LogP contribution in [0.2, 0.25) is 0 Å². The van der Waals surface area contributed by atoms with Gasteiger partial charge in [0.25, 0.3) is 0 Å². The van der Waals surface area contributed by atoms with Crippen molar-refractivity contribution in [1.29, 1.82) is 0 Å². The van der Waals surface area contributed by atoms with E-state index in [4.69, 9.17) is 10.5 Å². The summed E-state index contributed by atoms with van der Waals surface area (Å²) < 4.78 is 20.0. The number of halogens is 2. The quantitative estimate of drug-likeness (QED) is 0.912. The lowest BCUT2D eigenvalue weighted by molar-refractivity contribution is 0.0561. The van der Waals surface area contributed by atoms with Crippen molar-refractivity contribution >= 4 is 27.7 Å². The fourth-order valence-corrected chi connectivity index (χ4v) is 2.98. The van der Waals surface area contributed by atoms with Gasteiger partial charge < -0.3 is 10.5 Å². The van der Waals surface area contributed by atoms with Crippen LogP contribution in [0.15, 0.2) is 22.7 Å². The Hall–Kier alpha value is -0.100. The molecule has 0 saturated carbocycles. The molecule has 2 nitrogen and oxygen atoms in total. The van der Waals surface area contributed by atoms with Crippen molar-refractivity contribution < 1.29 is 9.13 Å². The predicted octanol–water partition coefficient (Wildman–Crippen LogP) is 2.72. The number of nitrogens with two attached hydrogens (primary N) is 1. The molecule has 88 valence electrons. The number of rotatable bonds is 2. The summed E-state index contributed by atoms with van der Waals surface area (Å²) in [6, 6.07) is 4.42. The highest BCUT2D eigenvalue weighted by atomic mass is 79.9. The van der Waals surface area contributed by atoms with E-state index in [9.17, 15) is 4.39 Å². The molecule has 0 aromatic heterocycles. The van der Waals surface area contributed by atoms with Crippen LogP contribution in [-0.2, 0) is 4.74 Å². The molecule has 2 N–H and O–H groups in total. The second-order valence-corrected chi connectivity index (χ2v) is 5.74. The van der Waals surface area contributed by atoms with Crippen molar-refractivity contribution in [3.05, 3.63) is 34.1 Å². The summed E-state index contributed by atoms with van der Waals surface area (Å²) in [7, 11) is 0. The van der Waals surface area contributed by atoms with Crippen LogP contribution in [0.3, 0.4) is 0 Å². The van der Waals surface area contributed by atoms with Crippen LogP contribution in [0, 0.1) is 5.82 Å². The number of hydrogen-bond donors (Lipinski definition) is 1. The van der Waals surface area contributed by atoms with Gasteiger partial charge in [-0.15, -0.1) is 0 Å². The Balaban J connectivity index is 2.18. The van der Waals surface area contributed by atoms with Crippen LogP contribution < -0.4 is 5.73 Å². The summed E-state index contributed by atoms with van der Waals surface area (Å²) in [6.07, 6.45) is -0.0949. The van der Waals surface area contributed by atoms with Gasteiger partial charge in [0.05, 0.1) is 18.8 Å². The van der Waals surface area contributed by atoms with Crippen molar-refractivity contribution in [2.45, 2.75) is 12.1 Å². The molecule has 1 aromatic carbocycles. The summed E-state index contributed by atoms with van der Waals surface area (Å²) in [5, 5.41) is 0. The van der Waals surface area contributed by atoms with Gasteiger partial charge in [0.15, 0.2) is 0 Å². The maximum Gasteiger partial charge on any atom is 0.128 e. The summed E-state index contributed by atoms with van der Waals surface area (Å²) in [6.45, 7) is 0.693. The average Bonchev–Trinajstić information content (AvgIpc) is 2.32. The van der Waals surface area contributed by atoms with Gasteiger partial charge in [-0.3, -0.25) is 0 Å². The minimum absolute atomic E-state index is 0.0949. The van der Waals surface area contributed by atoms with Gasteiger partial charge in [0.1, 0.15) is 5.82 Å². The third-order valence-electron chi connectivity index (χ3n) is 2.56. The molecule has 0 bridgehead atoms. The Morgan fingerprint density at radius 3 is 3.06 bits per heavy atom. The smallest absolute Gasteiger partial charge is 0.128 e. The molecule has 1 heterocycles. The maximum absolute atomic E-state index is 13.6. The topological polar surface area (TPSA) is 35.2 Å². The fraction of sp³-hybridized carbons (Fsp3) is 0.455. The number of benzene rings is 1. The third-order valence-corrected chi connectivity index (χ3v) is 4.07. The molecule has 5 heteroatoms. The zero-order valence-corrected chi connectivity index (χ0v) is 11.1. The zero-order valence-electron chi connectivity index (χ0n) is 8.66. The monoisotopic (exact) mass is 305 g/mol. The van der Waals surface area contributed by atoms with E-state index in [0.29, 0.717) is 12.2 Å². The Bertz CT molecular complexity index is 371. The van der Waals surface area contributed by atoms with Crippen molar-refractivity contribution in [3.63, 3.8) is 0 Å². The highest BCUT2D eigenvalue weighted by molar-refractivity contribution is 9.10. The summed E-state index contributed by atoms with van der Waals surface area (Å²) >= 11 is 5.12. The number of thioether (sulfide) groups is 1. The lowest BCUT2D eigenvalue weighted by Crippen LogP contribution is -2.35. The van der Waals surface area contributed by atoms with E-state index in [1.807, 2.05) is 0 Å². The number of ether oxygens (including phenoxy) is 1. The van der Waals surface area contributed by atoms with E-state index in [-0.39, 0.29) is 11.9 Å². The van der Waals surface area contributed by atoms with Crippen molar-refractivity contribution in [3.8, 4) is 0 Å². The predicted molar refractivity (Wildman–Crippen MR) is 68.1 cm³/mol. The van der Waals surface area contributed by atoms with E-state index in [0.717, 1.165) is 16.0 Å². The van der Waals surface area contributed by atoms with Crippen LogP contribution >= 0.6 is 27.7 Å². The first-order chi connectivity index (χ1) is 7.68. The van der Waals surface area contributed by atoms with Crippen LogP contribution in [0.25, 0.3) is 0 Å². The Kier molecular flexibility index (Phi) is 4.24. The molecule has 1 aliphatic rings. The van der Waals surface area contributed by atoms with Gasteiger partial charge in [-0.25, -0.2) is 4.39 Å². The van der Waals surface area contributed by atoms with Gasteiger partial charge in [-0.1, -0.05) is 15.9 Å². The average molecular weight is 306 g/mol. The Morgan fingerprint density at radius 2 is 2.38 bits per heavy atom. The largest absolute Gasteiger partial charge is 0.375 e. The first-order valence-corrected chi connectivity index (χ1v) is 7.03. The maximum atomic E-state index is 13.6. The lowest BCUT2D eigenvalue weighted by atomic mass is 10.0. The minimum Gasteiger partial charge on any atom is -0.375 e. The highest BCUT2D eigenvalue weighted by Crippen LogP contribution is 2.27. The molecule has 1 aliphatic heterocycles. The Labute approximate surface area is 107 Å². The Morgan fingerprint density at radius 1 is 1.56 bits per heavy atom. The lowest BCUT2D eigenvalue weighted by Gasteiger charge is -2.28. The van der Waals surface area contributed by atoms with Crippen molar-refractivity contribution in [2.24, 2.45) is 5.73 Å². The van der Waals surface area contributed by atoms with E-state index in [1.165, 1.54) is 6.07 Å². The molecular weight excluding hydrogens is 293 g/mol. The summed E-state index contributed by atoms with van der Waals surface area (Å²) in [5.74, 6) is 1.55. The van der Waals surface area contributed by atoms with Crippen LogP contribution in [0.4, 0.5) is 4.39 Å². The zero-order chi connectivity index (χ0) is 11.5. The molecule has 1 fully saturated rings. The first kappa shape index (κ1) is 12.4. The molecule has 0 spiro atoms. The SMILES string of the molecule is NC(c1cc(Br)ccc1F)C1CSCCO1. The molecule has 2 unspecified atom stereocenters. The van der Waals surface area contributed by atoms with E-state index in [1.54, 1.807) is 23.9 Å².